The molecule has 10 heteroatoms. The van der Waals surface area contributed by atoms with Crippen LogP contribution in [-0.2, 0) is 11.2 Å². The highest BCUT2D eigenvalue weighted by atomic mass is 35.5. The Labute approximate surface area is 222 Å². The minimum absolute atomic E-state index is 0.0876. The number of nitrogens with two attached hydrogens (primary N) is 1. The van der Waals surface area contributed by atoms with Crippen LogP contribution in [0.15, 0.2) is 77.6 Å². The Balaban J connectivity index is 1.44. The van der Waals surface area contributed by atoms with Gasteiger partial charge < -0.3 is 16.4 Å². The average molecular weight is 533 g/mol. The third-order valence-corrected chi connectivity index (χ3v) is 6.23. The first kappa shape index (κ1) is 25.4. The first-order valence-corrected chi connectivity index (χ1v) is 12.1. The number of anilines is 3. The maximum absolute atomic E-state index is 14.7. The van der Waals surface area contributed by atoms with Gasteiger partial charge in [0.2, 0.25) is 11.9 Å². The van der Waals surface area contributed by atoms with Gasteiger partial charge in [0.25, 0.3) is 0 Å². The first-order valence-electron chi connectivity index (χ1n) is 11.7. The summed E-state index contributed by atoms with van der Waals surface area (Å²) in [7, 11) is 0. The van der Waals surface area contributed by atoms with Crippen LogP contribution in [0.1, 0.15) is 30.7 Å². The van der Waals surface area contributed by atoms with E-state index < -0.39 is 17.2 Å². The van der Waals surface area contributed by atoms with Crippen molar-refractivity contribution in [1.29, 1.82) is 0 Å². The quantitative estimate of drug-likeness (QED) is 0.389. The molecule has 0 saturated heterocycles. The van der Waals surface area contributed by atoms with E-state index in [0.29, 0.717) is 40.6 Å². The van der Waals surface area contributed by atoms with E-state index in [1.807, 2.05) is 6.08 Å². The molecule has 38 heavy (non-hydrogen) atoms. The van der Waals surface area contributed by atoms with Gasteiger partial charge in [-0.15, -0.1) is 0 Å². The van der Waals surface area contributed by atoms with Crippen LogP contribution >= 0.6 is 11.6 Å². The Kier molecular flexibility index (Phi) is 6.64. The molecule has 1 amide bonds. The van der Waals surface area contributed by atoms with Crippen molar-refractivity contribution < 1.29 is 13.6 Å². The molecule has 2 heterocycles. The molecule has 4 N–H and O–H groups in total. The van der Waals surface area contributed by atoms with Gasteiger partial charge in [0.05, 0.1) is 16.8 Å². The van der Waals surface area contributed by atoms with E-state index in [1.165, 1.54) is 24.3 Å². The lowest BCUT2D eigenvalue weighted by Crippen LogP contribution is -2.45. The summed E-state index contributed by atoms with van der Waals surface area (Å²) in [5, 5.41) is 5.99. The number of benzene rings is 2. The fourth-order valence-electron chi connectivity index (χ4n) is 4.07. The van der Waals surface area contributed by atoms with Crippen molar-refractivity contribution in [2.24, 2.45) is 10.7 Å². The highest BCUT2D eigenvalue weighted by Crippen LogP contribution is 2.41. The van der Waals surface area contributed by atoms with Crippen LogP contribution in [0.4, 0.5) is 26.1 Å². The Morgan fingerprint density at radius 1 is 1.03 bits per heavy atom. The summed E-state index contributed by atoms with van der Waals surface area (Å²) in [6.07, 6.45) is 7.01. The zero-order valence-corrected chi connectivity index (χ0v) is 21.3. The second-order valence-corrected chi connectivity index (χ2v) is 9.80. The van der Waals surface area contributed by atoms with E-state index in [1.54, 1.807) is 50.5 Å². The van der Waals surface area contributed by atoms with Crippen molar-refractivity contribution in [3.8, 4) is 0 Å². The minimum atomic E-state index is -1.00. The topological polar surface area (TPSA) is 105 Å². The summed E-state index contributed by atoms with van der Waals surface area (Å²) < 4.78 is 29.5. The predicted molar refractivity (Wildman–Crippen MR) is 146 cm³/mol. The molecule has 2 aromatic carbocycles. The van der Waals surface area contributed by atoms with Gasteiger partial charge in [-0.05, 0) is 73.9 Å². The number of hydrogen-bond donors (Lipinski definition) is 3. The lowest BCUT2D eigenvalue weighted by Gasteiger charge is -2.22. The highest BCUT2D eigenvalue weighted by molar-refractivity contribution is 6.69. The normalized spacial score (nSPS) is 14.7. The average Bonchev–Trinajstić information content (AvgIpc) is 3.03. The zero-order chi connectivity index (χ0) is 27.0. The molecule has 1 aliphatic carbocycles. The number of fused-ring (bicyclic) bond motifs is 3. The van der Waals surface area contributed by atoms with Crippen molar-refractivity contribution >= 4 is 51.1 Å². The SMILES string of the molecule is CC(C)(N)C(=O)Nc1ccc(Nc2ncc3c(n2)C2=CN=C(Cl)C=C(c4c(F)cccc4F)C2=CC3)cc1. The molecule has 0 bridgehead atoms. The molecule has 0 spiro atoms. The smallest absolute Gasteiger partial charge is 0.243 e. The summed E-state index contributed by atoms with van der Waals surface area (Å²) in [6, 6.07) is 10.7. The van der Waals surface area contributed by atoms with Crippen LogP contribution < -0.4 is 16.4 Å². The highest BCUT2D eigenvalue weighted by Gasteiger charge is 2.27. The Morgan fingerprint density at radius 2 is 1.71 bits per heavy atom. The van der Waals surface area contributed by atoms with Gasteiger partial charge in [-0.1, -0.05) is 23.7 Å². The largest absolute Gasteiger partial charge is 0.325 e. The monoisotopic (exact) mass is 532 g/mol. The second-order valence-electron chi connectivity index (χ2n) is 9.42. The number of nitrogens with one attached hydrogen (secondary N) is 2. The molecule has 2 aliphatic rings. The van der Waals surface area contributed by atoms with Gasteiger partial charge in [0, 0.05) is 34.9 Å². The van der Waals surface area contributed by atoms with E-state index in [-0.39, 0.29) is 22.2 Å². The van der Waals surface area contributed by atoms with E-state index in [2.05, 4.69) is 20.6 Å². The van der Waals surface area contributed by atoms with Crippen LogP contribution in [0.2, 0.25) is 0 Å². The summed E-state index contributed by atoms with van der Waals surface area (Å²) in [6.45, 7) is 3.25. The third-order valence-electron chi connectivity index (χ3n) is 6.02. The number of rotatable bonds is 5. The standard InChI is InChI=1S/C28H23ClF2N6O/c1-28(2,32)26(38)35-16-7-9-17(10-8-16)36-27-34-13-15-6-11-18-19(24-21(30)4-3-5-22(24)31)12-23(29)33-14-20(18)25(15)37-27/h3-5,7-14H,6,32H2,1-2H3,(H,35,38)(H,34,36,37). The fourth-order valence-corrected chi connectivity index (χ4v) is 4.22. The maximum Gasteiger partial charge on any atom is 0.243 e. The van der Waals surface area contributed by atoms with Crippen LogP contribution in [0, 0.1) is 11.6 Å². The van der Waals surface area contributed by atoms with Crippen LogP contribution in [0.5, 0.6) is 0 Å². The maximum atomic E-state index is 14.7. The van der Waals surface area contributed by atoms with E-state index in [0.717, 1.165) is 5.56 Å². The molecule has 1 aliphatic heterocycles. The number of aliphatic imine (C=N–C) groups is 1. The van der Waals surface area contributed by atoms with Gasteiger partial charge in [-0.2, -0.15) is 0 Å². The van der Waals surface area contributed by atoms with Gasteiger partial charge in [-0.3, -0.25) is 4.79 Å². The molecular weight excluding hydrogens is 510 g/mol. The van der Waals surface area contributed by atoms with E-state index in [4.69, 9.17) is 22.3 Å². The Bertz CT molecular complexity index is 1550. The molecule has 3 aromatic rings. The Morgan fingerprint density at radius 3 is 2.39 bits per heavy atom. The van der Waals surface area contributed by atoms with Crippen LogP contribution in [0.3, 0.4) is 0 Å². The second kappa shape index (κ2) is 9.92. The van der Waals surface area contributed by atoms with Crippen LogP contribution in [0.25, 0.3) is 11.1 Å². The predicted octanol–water partition coefficient (Wildman–Crippen LogP) is 5.73. The minimum Gasteiger partial charge on any atom is -0.325 e. The summed E-state index contributed by atoms with van der Waals surface area (Å²) in [5.41, 5.74) is 8.77. The molecule has 1 aromatic heterocycles. The molecule has 7 nitrogen and oxygen atoms in total. The van der Waals surface area contributed by atoms with Gasteiger partial charge in [0.15, 0.2) is 0 Å². The van der Waals surface area contributed by atoms with Gasteiger partial charge in [0.1, 0.15) is 16.8 Å². The Hall–Kier alpha value is -4.21. The lowest BCUT2D eigenvalue weighted by atomic mass is 9.84. The van der Waals surface area contributed by atoms with Crippen molar-refractivity contribution in [2.45, 2.75) is 25.8 Å². The molecule has 192 valence electrons. The summed E-state index contributed by atoms with van der Waals surface area (Å²) in [4.78, 5) is 25.5. The first-order chi connectivity index (χ1) is 18.1. The van der Waals surface area contributed by atoms with Crippen molar-refractivity contribution in [1.82, 2.24) is 9.97 Å². The fraction of sp³-hybridized carbons (Fsp3) is 0.143. The number of aromatic nitrogens is 2. The van der Waals surface area contributed by atoms with Crippen molar-refractivity contribution in [2.75, 3.05) is 10.6 Å². The molecular formula is C28H23ClF2N6O. The van der Waals surface area contributed by atoms with Gasteiger partial charge >= 0.3 is 0 Å². The summed E-state index contributed by atoms with van der Waals surface area (Å²) >= 11 is 6.25. The molecule has 0 atom stereocenters. The van der Waals surface area contributed by atoms with Crippen molar-refractivity contribution in [3.63, 3.8) is 0 Å². The number of carbonyl (C=O) groups excluding carboxylic acids is 1. The van der Waals surface area contributed by atoms with Gasteiger partial charge in [-0.25, -0.2) is 23.7 Å². The zero-order valence-electron chi connectivity index (χ0n) is 20.5. The van der Waals surface area contributed by atoms with E-state index in [9.17, 15) is 13.6 Å². The molecule has 0 saturated carbocycles. The number of amides is 1. The molecule has 5 rings (SSSR count). The van der Waals surface area contributed by atoms with Crippen molar-refractivity contribution in [3.05, 3.63) is 101 Å². The lowest BCUT2D eigenvalue weighted by molar-refractivity contribution is -0.120. The molecule has 0 unspecified atom stereocenters. The van der Waals surface area contributed by atoms with Crippen LogP contribution in [-0.4, -0.2) is 26.6 Å². The molecule has 0 radical (unpaired) electrons. The number of hydrogen-bond acceptors (Lipinski definition) is 6. The number of allylic oxidation sites excluding steroid dienone is 5. The van der Waals surface area contributed by atoms with E-state index >= 15 is 0 Å². The third kappa shape index (κ3) is 5.11. The number of carbonyl (C=O) groups is 1. The summed E-state index contributed by atoms with van der Waals surface area (Å²) in [5.74, 6) is -1.39. The number of nitrogens with zero attached hydrogens (tertiary/aromatic N) is 3. The number of halogens is 3. The molecule has 0 fully saturated rings.